The number of benzene rings is 1. The minimum absolute atomic E-state index is 0.369. The van der Waals surface area contributed by atoms with Crippen LogP contribution in [-0.4, -0.2) is 9.55 Å². The fourth-order valence-electron chi connectivity index (χ4n) is 1.18. The second-order valence-electron chi connectivity index (χ2n) is 2.80. The lowest BCUT2D eigenvalue weighted by Gasteiger charge is -2.07. The van der Waals surface area contributed by atoms with Crippen molar-refractivity contribution in [3.63, 3.8) is 0 Å². The third-order valence-corrected chi connectivity index (χ3v) is 2.46. The largest absolute Gasteiger partial charge is 0.397 e. The summed E-state index contributed by atoms with van der Waals surface area (Å²) >= 11 is 3.10. The molecule has 3 nitrogen and oxygen atoms in total. The molecule has 0 aliphatic carbocycles. The Balaban J connectivity index is 2.60. The smallest absolute Gasteiger partial charge is 0.139 e. The summed E-state index contributed by atoms with van der Waals surface area (Å²) in [5.41, 5.74) is 6.75. The highest BCUT2D eigenvalue weighted by Gasteiger charge is 2.06. The van der Waals surface area contributed by atoms with Crippen molar-refractivity contribution >= 4 is 21.6 Å². The predicted octanol–water partition coefficient (Wildman–Crippen LogP) is 2.36. The molecule has 1 aromatic carbocycles. The lowest BCUT2D eigenvalue weighted by molar-refractivity contribution is 0.621. The van der Waals surface area contributed by atoms with E-state index in [0.717, 1.165) is 0 Å². The zero-order valence-electron chi connectivity index (χ0n) is 7.11. The van der Waals surface area contributed by atoms with Crippen LogP contribution in [0.5, 0.6) is 0 Å². The fraction of sp³-hybridized carbons (Fsp3) is 0. The summed E-state index contributed by atoms with van der Waals surface area (Å²) in [7, 11) is 0. The summed E-state index contributed by atoms with van der Waals surface area (Å²) in [4.78, 5) is 3.89. The van der Waals surface area contributed by atoms with Crippen LogP contribution in [0.15, 0.2) is 35.3 Å². The van der Waals surface area contributed by atoms with Crippen molar-refractivity contribution in [3.05, 3.63) is 41.1 Å². The average molecular weight is 256 g/mol. The van der Waals surface area contributed by atoms with Gasteiger partial charge in [-0.3, -0.25) is 0 Å². The van der Waals surface area contributed by atoms with Gasteiger partial charge >= 0.3 is 0 Å². The highest BCUT2D eigenvalue weighted by Crippen LogP contribution is 2.25. The highest BCUT2D eigenvalue weighted by molar-refractivity contribution is 9.10. The topological polar surface area (TPSA) is 43.8 Å². The molecule has 0 aliphatic heterocycles. The number of aromatic nitrogens is 2. The standard InChI is InChI=1S/C9H7BrFN3/c10-6-3-9(8(12)4-7(6)11)14-2-1-13-5-14/h1-5H,12H2. The van der Waals surface area contributed by atoms with Gasteiger partial charge in [0, 0.05) is 18.5 Å². The number of nitrogens with two attached hydrogens (primary N) is 1. The second-order valence-corrected chi connectivity index (χ2v) is 3.65. The molecule has 2 rings (SSSR count). The lowest BCUT2D eigenvalue weighted by atomic mass is 10.2. The quantitative estimate of drug-likeness (QED) is 0.796. The molecule has 1 heterocycles. The van der Waals surface area contributed by atoms with Crippen molar-refractivity contribution in [1.29, 1.82) is 0 Å². The molecule has 0 saturated carbocycles. The number of nitrogens with zero attached hydrogens (tertiary/aromatic N) is 2. The van der Waals surface area contributed by atoms with Crippen LogP contribution in [0.25, 0.3) is 5.69 Å². The van der Waals surface area contributed by atoms with Gasteiger partial charge < -0.3 is 10.3 Å². The minimum Gasteiger partial charge on any atom is -0.397 e. The van der Waals surface area contributed by atoms with Crippen molar-refractivity contribution in [2.45, 2.75) is 0 Å². The van der Waals surface area contributed by atoms with E-state index in [9.17, 15) is 4.39 Å². The van der Waals surface area contributed by atoms with Crippen LogP contribution in [0.3, 0.4) is 0 Å². The molecule has 14 heavy (non-hydrogen) atoms. The van der Waals surface area contributed by atoms with E-state index in [1.807, 2.05) is 0 Å². The number of halogens is 2. The first-order valence-electron chi connectivity index (χ1n) is 3.91. The molecule has 72 valence electrons. The van der Waals surface area contributed by atoms with E-state index in [0.29, 0.717) is 15.8 Å². The normalized spacial score (nSPS) is 10.4. The van der Waals surface area contributed by atoms with E-state index in [1.165, 1.54) is 6.07 Å². The molecular formula is C9H7BrFN3. The Kier molecular flexibility index (Phi) is 2.25. The second kappa shape index (κ2) is 3.42. The van der Waals surface area contributed by atoms with E-state index < -0.39 is 0 Å². The van der Waals surface area contributed by atoms with Crippen LogP contribution in [0, 0.1) is 5.82 Å². The van der Waals surface area contributed by atoms with E-state index in [-0.39, 0.29) is 5.82 Å². The molecule has 0 spiro atoms. The summed E-state index contributed by atoms with van der Waals surface area (Å²) in [6.45, 7) is 0. The van der Waals surface area contributed by atoms with Gasteiger partial charge in [-0.15, -0.1) is 0 Å². The number of hydrogen-bond acceptors (Lipinski definition) is 2. The Morgan fingerprint density at radius 1 is 1.43 bits per heavy atom. The molecule has 0 amide bonds. The van der Waals surface area contributed by atoms with Gasteiger partial charge in [-0.2, -0.15) is 0 Å². The molecule has 0 bridgehead atoms. The molecule has 0 radical (unpaired) electrons. The summed E-state index contributed by atoms with van der Waals surface area (Å²) in [5.74, 6) is -0.369. The van der Waals surface area contributed by atoms with Crippen LogP contribution in [0.2, 0.25) is 0 Å². The van der Waals surface area contributed by atoms with Crippen LogP contribution in [-0.2, 0) is 0 Å². The average Bonchev–Trinajstić information content (AvgIpc) is 2.64. The van der Waals surface area contributed by atoms with Crippen LogP contribution < -0.4 is 5.73 Å². The van der Waals surface area contributed by atoms with Gasteiger partial charge in [0.05, 0.1) is 22.2 Å². The first-order chi connectivity index (χ1) is 6.68. The van der Waals surface area contributed by atoms with Gasteiger partial charge in [-0.05, 0) is 22.0 Å². The van der Waals surface area contributed by atoms with Crippen molar-refractivity contribution in [1.82, 2.24) is 9.55 Å². The Bertz CT molecular complexity index is 453. The maximum absolute atomic E-state index is 13.0. The first kappa shape index (κ1) is 9.21. The number of nitrogen functional groups attached to an aromatic ring is 1. The van der Waals surface area contributed by atoms with Crippen molar-refractivity contribution in [2.24, 2.45) is 0 Å². The summed E-state index contributed by atoms with van der Waals surface area (Å²) in [5, 5.41) is 0. The number of anilines is 1. The number of rotatable bonds is 1. The van der Waals surface area contributed by atoms with Crippen LogP contribution >= 0.6 is 15.9 Å². The molecule has 0 fully saturated rings. The Morgan fingerprint density at radius 2 is 2.21 bits per heavy atom. The molecule has 1 aromatic heterocycles. The van der Waals surface area contributed by atoms with Gasteiger partial charge in [0.25, 0.3) is 0 Å². The molecule has 0 saturated heterocycles. The van der Waals surface area contributed by atoms with Gasteiger partial charge in [-0.1, -0.05) is 0 Å². The zero-order valence-corrected chi connectivity index (χ0v) is 8.70. The van der Waals surface area contributed by atoms with E-state index in [2.05, 4.69) is 20.9 Å². The van der Waals surface area contributed by atoms with Crippen molar-refractivity contribution < 1.29 is 4.39 Å². The van der Waals surface area contributed by atoms with Gasteiger partial charge in [-0.25, -0.2) is 9.37 Å². The fourth-order valence-corrected chi connectivity index (χ4v) is 1.51. The van der Waals surface area contributed by atoms with E-state index in [4.69, 9.17) is 5.73 Å². The van der Waals surface area contributed by atoms with Crippen LogP contribution in [0.1, 0.15) is 0 Å². The van der Waals surface area contributed by atoms with Gasteiger partial charge in [0.15, 0.2) is 0 Å². The molecule has 0 aliphatic rings. The van der Waals surface area contributed by atoms with Crippen molar-refractivity contribution in [3.8, 4) is 5.69 Å². The molecule has 0 unspecified atom stereocenters. The molecule has 0 atom stereocenters. The zero-order chi connectivity index (χ0) is 10.1. The van der Waals surface area contributed by atoms with E-state index in [1.54, 1.807) is 29.4 Å². The molecule has 2 N–H and O–H groups in total. The predicted molar refractivity (Wildman–Crippen MR) is 55.6 cm³/mol. The Morgan fingerprint density at radius 3 is 2.86 bits per heavy atom. The first-order valence-corrected chi connectivity index (χ1v) is 4.70. The lowest BCUT2D eigenvalue weighted by Crippen LogP contribution is -1.98. The third kappa shape index (κ3) is 1.50. The van der Waals surface area contributed by atoms with Crippen molar-refractivity contribution in [2.75, 3.05) is 5.73 Å². The number of imidazole rings is 1. The minimum atomic E-state index is -0.369. The van der Waals surface area contributed by atoms with Gasteiger partial charge in [0.2, 0.25) is 0 Å². The Labute approximate surface area is 88.5 Å². The molecule has 5 heteroatoms. The summed E-state index contributed by atoms with van der Waals surface area (Å²) < 4.78 is 15.2. The summed E-state index contributed by atoms with van der Waals surface area (Å²) in [6.07, 6.45) is 4.99. The summed E-state index contributed by atoms with van der Waals surface area (Å²) in [6, 6.07) is 2.89. The SMILES string of the molecule is Nc1cc(F)c(Br)cc1-n1ccnc1. The molecular weight excluding hydrogens is 249 g/mol. The van der Waals surface area contributed by atoms with Crippen LogP contribution in [0.4, 0.5) is 10.1 Å². The maximum Gasteiger partial charge on any atom is 0.139 e. The monoisotopic (exact) mass is 255 g/mol. The maximum atomic E-state index is 13.0. The molecule has 2 aromatic rings. The Hall–Kier alpha value is -1.36. The van der Waals surface area contributed by atoms with E-state index >= 15 is 0 Å². The highest BCUT2D eigenvalue weighted by atomic mass is 79.9. The number of hydrogen-bond donors (Lipinski definition) is 1. The van der Waals surface area contributed by atoms with Gasteiger partial charge in [0.1, 0.15) is 5.82 Å². The third-order valence-electron chi connectivity index (χ3n) is 1.85.